The minimum Gasteiger partial charge on any atom is -0.428 e. The summed E-state index contributed by atoms with van der Waals surface area (Å²) in [6.07, 6.45) is 0. The van der Waals surface area contributed by atoms with E-state index in [2.05, 4.69) is 4.98 Å². The van der Waals surface area contributed by atoms with E-state index in [-0.39, 0.29) is 0 Å². The largest absolute Gasteiger partial charge is 0.428 e. The highest BCUT2D eigenvalue weighted by molar-refractivity contribution is 7.20. The summed E-state index contributed by atoms with van der Waals surface area (Å²) in [6, 6.07) is 16.5. The van der Waals surface area contributed by atoms with E-state index in [0.29, 0.717) is 31.7 Å². The molecule has 7 heteroatoms. The van der Waals surface area contributed by atoms with Gasteiger partial charge in [0.05, 0.1) is 20.3 Å². The third-order valence-electron chi connectivity index (χ3n) is 3.79. The fraction of sp³-hybridized carbons (Fsp3) is 0. The highest BCUT2D eigenvalue weighted by Gasteiger charge is 2.15. The Hall–Kier alpha value is -1.98. The number of nitrogen functional groups attached to an aromatic ring is 1. The molecule has 3 nitrogen and oxygen atoms in total. The van der Waals surface area contributed by atoms with E-state index in [1.54, 1.807) is 18.2 Å². The number of thiazole rings is 1. The van der Waals surface area contributed by atoms with Crippen LogP contribution in [0.2, 0.25) is 15.1 Å². The van der Waals surface area contributed by atoms with Gasteiger partial charge in [-0.05, 0) is 42.0 Å². The van der Waals surface area contributed by atoms with Crippen molar-refractivity contribution in [3.8, 4) is 22.1 Å². The SMILES string of the molecule is Nc1ccccc1-c1cc(Cl)c(Oc2nc3ccc(Cl)cc3s2)c(Cl)c1. The molecule has 0 aliphatic rings. The number of benzene rings is 3. The van der Waals surface area contributed by atoms with Crippen LogP contribution in [-0.2, 0) is 0 Å². The lowest BCUT2D eigenvalue weighted by atomic mass is 10.0. The molecule has 2 N–H and O–H groups in total. The van der Waals surface area contributed by atoms with Crippen molar-refractivity contribution >= 4 is 62.0 Å². The fourth-order valence-electron chi connectivity index (χ4n) is 2.58. The van der Waals surface area contributed by atoms with Gasteiger partial charge in [-0.1, -0.05) is 64.3 Å². The van der Waals surface area contributed by atoms with Crippen LogP contribution in [0.25, 0.3) is 21.3 Å². The number of ether oxygens (including phenoxy) is 1. The molecule has 0 amide bonds. The Morgan fingerprint density at radius 2 is 1.65 bits per heavy atom. The Labute approximate surface area is 168 Å². The lowest BCUT2D eigenvalue weighted by molar-refractivity contribution is 0.481. The van der Waals surface area contributed by atoms with E-state index >= 15 is 0 Å². The molecule has 0 aliphatic heterocycles. The van der Waals surface area contributed by atoms with Gasteiger partial charge in [0.15, 0.2) is 5.75 Å². The van der Waals surface area contributed by atoms with Gasteiger partial charge in [-0.15, -0.1) is 0 Å². The van der Waals surface area contributed by atoms with Crippen LogP contribution in [-0.4, -0.2) is 4.98 Å². The van der Waals surface area contributed by atoms with Gasteiger partial charge in [-0.2, -0.15) is 0 Å². The summed E-state index contributed by atoms with van der Waals surface area (Å²) in [5.74, 6) is 0.358. The molecule has 130 valence electrons. The zero-order valence-electron chi connectivity index (χ0n) is 13.2. The van der Waals surface area contributed by atoms with Crippen LogP contribution in [0.1, 0.15) is 0 Å². The molecular weight excluding hydrogens is 411 g/mol. The van der Waals surface area contributed by atoms with Crippen LogP contribution >= 0.6 is 46.1 Å². The maximum absolute atomic E-state index is 6.42. The average Bonchev–Trinajstić information content (AvgIpc) is 3.00. The van der Waals surface area contributed by atoms with Crippen molar-refractivity contribution < 1.29 is 4.74 Å². The predicted molar refractivity (Wildman–Crippen MR) is 111 cm³/mol. The van der Waals surface area contributed by atoms with Crippen LogP contribution in [0, 0.1) is 0 Å². The molecule has 1 heterocycles. The molecule has 0 atom stereocenters. The molecule has 0 radical (unpaired) electrons. The highest BCUT2D eigenvalue weighted by atomic mass is 35.5. The van der Waals surface area contributed by atoms with Crippen molar-refractivity contribution in [1.29, 1.82) is 0 Å². The summed E-state index contributed by atoms with van der Waals surface area (Å²) in [4.78, 5) is 4.43. The molecule has 0 spiro atoms. The van der Waals surface area contributed by atoms with Gasteiger partial charge in [-0.3, -0.25) is 0 Å². The predicted octanol–water partition coefficient (Wildman–Crippen LogP) is 7.30. The number of hydrogen-bond acceptors (Lipinski definition) is 4. The second-order valence-electron chi connectivity index (χ2n) is 5.55. The maximum atomic E-state index is 6.42. The van der Waals surface area contributed by atoms with E-state index in [9.17, 15) is 0 Å². The lowest BCUT2D eigenvalue weighted by Crippen LogP contribution is -1.91. The van der Waals surface area contributed by atoms with Gasteiger partial charge in [-0.25, -0.2) is 4.98 Å². The van der Waals surface area contributed by atoms with Crippen molar-refractivity contribution in [2.24, 2.45) is 0 Å². The molecule has 4 rings (SSSR count). The second-order valence-corrected chi connectivity index (χ2v) is 7.79. The summed E-state index contributed by atoms with van der Waals surface area (Å²) in [5, 5.41) is 1.85. The molecule has 0 bridgehead atoms. The van der Waals surface area contributed by atoms with Crippen molar-refractivity contribution in [2.75, 3.05) is 5.73 Å². The molecule has 3 aromatic carbocycles. The Bertz CT molecular complexity index is 1100. The Morgan fingerprint density at radius 3 is 2.38 bits per heavy atom. The molecular formula is C19H11Cl3N2OS. The summed E-state index contributed by atoms with van der Waals surface area (Å²) < 4.78 is 6.78. The summed E-state index contributed by atoms with van der Waals surface area (Å²) in [5.41, 5.74) is 9.16. The van der Waals surface area contributed by atoms with E-state index < -0.39 is 0 Å². The molecule has 0 fully saturated rings. The summed E-state index contributed by atoms with van der Waals surface area (Å²) in [6.45, 7) is 0. The minimum absolute atomic E-state index is 0.358. The number of nitrogens with two attached hydrogens (primary N) is 1. The third kappa shape index (κ3) is 3.33. The minimum atomic E-state index is 0.358. The number of fused-ring (bicyclic) bond motifs is 1. The molecule has 0 unspecified atom stereocenters. The topological polar surface area (TPSA) is 48.1 Å². The standard InChI is InChI=1S/C19H11Cl3N2OS/c20-11-5-6-16-17(9-11)26-19(24-16)25-18-13(21)7-10(8-14(18)22)12-3-1-2-4-15(12)23/h1-9H,23H2. The van der Waals surface area contributed by atoms with Crippen LogP contribution < -0.4 is 10.5 Å². The van der Waals surface area contributed by atoms with E-state index in [4.69, 9.17) is 45.3 Å². The van der Waals surface area contributed by atoms with Gasteiger partial charge in [0.25, 0.3) is 5.19 Å². The van der Waals surface area contributed by atoms with E-state index in [0.717, 1.165) is 21.3 Å². The average molecular weight is 422 g/mol. The number of rotatable bonds is 3. The van der Waals surface area contributed by atoms with E-state index in [1.165, 1.54) is 11.3 Å². The Balaban J connectivity index is 1.71. The first-order valence-electron chi connectivity index (χ1n) is 7.59. The highest BCUT2D eigenvalue weighted by Crippen LogP contribution is 2.42. The van der Waals surface area contributed by atoms with Crippen molar-refractivity contribution in [3.05, 3.63) is 69.7 Å². The first-order chi connectivity index (χ1) is 12.5. The molecule has 4 aromatic rings. The van der Waals surface area contributed by atoms with Crippen molar-refractivity contribution in [3.63, 3.8) is 0 Å². The number of aromatic nitrogens is 1. The van der Waals surface area contributed by atoms with Crippen molar-refractivity contribution in [2.45, 2.75) is 0 Å². The molecule has 26 heavy (non-hydrogen) atoms. The summed E-state index contributed by atoms with van der Waals surface area (Å²) in [7, 11) is 0. The number of para-hydroxylation sites is 1. The van der Waals surface area contributed by atoms with Gasteiger partial charge in [0.2, 0.25) is 0 Å². The third-order valence-corrected chi connectivity index (χ3v) is 5.48. The zero-order chi connectivity index (χ0) is 18.3. The first-order valence-corrected chi connectivity index (χ1v) is 9.54. The van der Waals surface area contributed by atoms with Gasteiger partial charge < -0.3 is 10.5 Å². The molecule has 1 aromatic heterocycles. The first kappa shape index (κ1) is 17.4. The quantitative estimate of drug-likeness (QED) is 0.353. The molecule has 0 saturated carbocycles. The number of halogens is 3. The smallest absolute Gasteiger partial charge is 0.279 e. The van der Waals surface area contributed by atoms with Crippen molar-refractivity contribution in [1.82, 2.24) is 4.98 Å². The second kappa shape index (κ2) is 6.97. The Kier molecular flexibility index (Phi) is 4.67. The van der Waals surface area contributed by atoms with Gasteiger partial charge >= 0.3 is 0 Å². The maximum Gasteiger partial charge on any atom is 0.279 e. The monoisotopic (exact) mass is 420 g/mol. The summed E-state index contributed by atoms with van der Waals surface area (Å²) >= 11 is 20.2. The van der Waals surface area contributed by atoms with Crippen LogP contribution in [0.4, 0.5) is 5.69 Å². The number of anilines is 1. The number of hydrogen-bond donors (Lipinski definition) is 1. The van der Waals surface area contributed by atoms with Crippen LogP contribution in [0.3, 0.4) is 0 Å². The van der Waals surface area contributed by atoms with Crippen LogP contribution in [0.5, 0.6) is 10.9 Å². The lowest BCUT2D eigenvalue weighted by Gasteiger charge is -2.11. The van der Waals surface area contributed by atoms with E-state index in [1.807, 2.05) is 36.4 Å². The Morgan fingerprint density at radius 1 is 0.923 bits per heavy atom. The van der Waals surface area contributed by atoms with Gasteiger partial charge in [0, 0.05) is 16.3 Å². The number of nitrogens with zero attached hydrogens (tertiary/aromatic N) is 1. The zero-order valence-corrected chi connectivity index (χ0v) is 16.3. The van der Waals surface area contributed by atoms with Gasteiger partial charge in [0.1, 0.15) is 0 Å². The van der Waals surface area contributed by atoms with Crippen LogP contribution in [0.15, 0.2) is 54.6 Å². The molecule has 0 saturated heterocycles. The molecule has 0 aliphatic carbocycles. The normalized spacial score (nSPS) is 11.0. The fourth-order valence-corrected chi connectivity index (χ4v) is 4.24.